The summed E-state index contributed by atoms with van der Waals surface area (Å²) in [4.78, 5) is 23.0. The maximum Gasteiger partial charge on any atom is 0.321 e. The van der Waals surface area contributed by atoms with Crippen LogP contribution in [0, 0.1) is 0 Å². The number of carboxylic acid groups (broad SMARTS) is 1. The van der Waals surface area contributed by atoms with Crippen molar-refractivity contribution in [2.75, 3.05) is 7.11 Å². The molecule has 8 heteroatoms. The molecule has 1 atom stereocenters. The third-order valence-corrected chi connectivity index (χ3v) is 3.75. The molecule has 6 nitrogen and oxygen atoms in total. The second-order valence-corrected chi connectivity index (χ2v) is 5.52. The van der Waals surface area contributed by atoms with Crippen molar-refractivity contribution in [3.8, 4) is 6.01 Å². The van der Waals surface area contributed by atoms with Gasteiger partial charge < -0.3 is 9.84 Å². The lowest BCUT2D eigenvalue weighted by Gasteiger charge is -2.11. The predicted molar refractivity (Wildman–Crippen MR) is 78.8 cm³/mol. The van der Waals surface area contributed by atoms with E-state index in [1.807, 2.05) is 30.3 Å². The highest BCUT2D eigenvalue weighted by Gasteiger charge is 2.22. The van der Waals surface area contributed by atoms with Gasteiger partial charge in [0.2, 0.25) is 5.28 Å². The van der Waals surface area contributed by atoms with Gasteiger partial charge in [-0.25, -0.2) is 0 Å². The lowest BCUT2D eigenvalue weighted by Crippen LogP contribution is -2.19. The summed E-state index contributed by atoms with van der Waals surface area (Å²) in [5.74, 6) is -0.945. The summed E-state index contributed by atoms with van der Waals surface area (Å²) in [6, 6.07) is 9.41. The van der Waals surface area contributed by atoms with E-state index in [2.05, 4.69) is 15.0 Å². The quantitative estimate of drug-likeness (QED) is 0.816. The molecule has 1 N–H and O–H groups in total. The first-order valence-corrected chi connectivity index (χ1v) is 7.23. The zero-order valence-electron chi connectivity index (χ0n) is 11.1. The van der Waals surface area contributed by atoms with Crippen LogP contribution < -0.4 is 4.74 Å². The molecule has 0 fully saturated rings. The van der Waals surface area contributed by atoms with Crippen molar-refractivity contribution in [3.63, 3.8) is 0 Å². The molecule has 110 valence electrons. The van der Waals surface area contributed by atoms with Gasteiger partial charge in [0.1, 0.15) is 5.25 Å². The monoisotopic (exact) mass is 325 g/mol. The van der Waals surface area contributed by atoms with E-state index < -0.39 is 11.2 Å². The fraction of sp³-hybridized carbons (Fsp3) is 0.231. The molecule has 0 aliphatic carbocycles. The molecule has 1 aromatic heterocycles. The van der Waals surface area contributed by atoms with Gasteiger partial charge in [-0.3, -0.25) is 4.79 Å². The summed E-state index contributed by atoms with van der Waals surface area (Å²) in [6.45, 7) is 0. The molecule has 1 heterocycles. The summed E-state index contributed by atoms with van der Waals surface area (Å²) in [7, 11) is 1.40. The largest absolute Gasteiger partial charge is 0.480 e. The molecular weight excluding hydrogens is 314 g/mol. The second-order valence-electron chi connectivity index (χ2n) is 4.01. The van der Waals surface area contributed by atoms with Crippen LogP contribution >= 0.6 is 23.4 Å². The van der Waals surface area contributed by atoms with E-state index in [4.69, 9.17) is 16.3 Å². The molecule has 1 unspecified atom stereocenters. The molecule has 0 aliphatic heterocycles. The molecule has 2 aromatic rings. The van der Waals surface area contributed by atoms with Gasteiger partial charge in [0.15, 0.2) is 5.16 Å². The highest BCUT2D eigenvalue weighted by Crippen LogP contribution is 2.25. The average molecular weight is 326 g/mol. The minimum absolute atomic E-state index is 0.0341. The summed E-state index contributed by atoms with van der Waals surface area (Å²) in [5, 5.41) is 8.79. The Balaban J connectivity index is 2.16. The van der Waals surface area contributed by atoms with Crippen LogP contribution in [0.15, 0.2) is 35.5 Å². The van der Waals surface area contributed by atoms with E-state index in [9.17, 15) is 9.90 Å². The van der Waals surface area contributed by atoms with Crippen LogP contribution in [0.4, 0.5) is 0 Å². The summed E-state index contributed by atoms with van der Waals surface area (Å²) < 4.78 is 4.89. The molecule has 0 spiro atoms. The lowest BCUT2D eigenvalue weighted by molar-refractivity contribution is -0.136. The third-order valence-electron chi connectivity index (χ3n) is 2.54. The Morgan fingerprint density at radius 3 is 2.67 bits per heavy atom. The first-order chi connectivity index (χ1) is 10.1. The van der Waals surface area contributed by atoms with Crippen LogP contribution in [0.25, 0.3) is 0 Å². The van der Waals surface area contributed by atoms with Crippen LogP contribution in [0.5, 0.6) is 6.01 Å². The van der Waals surface area contributed by atoms with E-state index in [1.165, 1.54) is 7.11 Å². The van der Waals surface area contributed by atoms with Crippen LogP contribution in [-0.2, 0) is 11.2 Å². The molecule has 0 radical (unpaired) electrons. The van der Waals surface area contributed by atoms with Crippen molar-refractivity contribution >= 4 is 29.3 Å². The van der Waals surface area contributed by atoms with Crippen LogP contribution in [-0.4, -0.2) is 38.4 Å². The van der Waals surface area contributed by atoms with Crippen molar-refractivity contribution < 1.29 is 14.6 Å². The van der Waals surface area contributed by atoms with Gasteiger partial charge in [0.05, 0.1) is 7.11 Å². The third kappa shape index (κ3) is 4.57. The standard InChI is InChI=1S/C13H12ClN3O3S/c1-20-12-15-11(14)16-13(17-12)21-9(10(18)19)7-8-5-3-2-4-6-8/h2-6,9H,7H2,1H3,(H,18,19). The zero-order valence-corrected chi connectivity index (χ0v) is 12.6. The highest BCUT2D eigenvalue weighted by molar-refractivity contribution is 8.00. The first kappa shape index (κ1) is 15.5. The molecule has 0 amide bonds. The van der Waals surface area contributed by atoms with Crippen LogP contribution in [0.2, 0.25) is 5.28 Å². The number of benzene rings is 1. The van der Waals surface area contributed by atoms with Crippen molar-refractivity contribution in [1.82, 2.24) is 15.0 Å². The minimum Gasteiger partial charge on any atom is -0.480 e. The maximum atomic E-state index is 11.4. The van der Waals surface area contributed by atoms with Crippen molar-refractivity contribution in [2.45, 2.75) is 16.8 Å². The number of aromatic nitrogens is 3. The number of hydrogen-bond donors (Lipinski definition) is 1. The molecule has 0 saturated carbocycles. The maximum absolute atomic E-state index is 11.4. The van der Waals surface area contributed by atoms with Gasteiger partial charge in [-0.1, -0.05) is 42.1 Å². The molecule has 0 bridgehead atoms. The van der Waals surface area contributed by atoms with E-state index in [1.54, 1.807) is 0 Å². The van der Waals surface area contributed by atoms with E-state index in [0.717, 1.165) is 17.3 Å². The normalized spacial score (nSPS) is 11.9. The number of rotatable bonds is 6. The highest BCUT2D eigenvalue weighted by atomic mass is 35.5. The van der Waals surface area contributed by atoms with E-state index in [-0.39, 0.29) is 16.5 Å². The number of nitrogens with zero attached hydrogens (tertiary/aromatic N) is 3. The Hall–Kier alpha value is -1.86. The molecular formula is C13H12ClN3O3S. The van der Waals surface area contributed by atoms with Gasteiger partial charge >= 0.3 is 12.0 Å². The number of hydrogen-bond acceptors (Lipinski definition) is 6. The number of aliphatic carboxylic acids is 1. The molecule has 0 saturated heterocycles. The Labute approximate surface area is 130 Å². The van der Waals surface area contributed by atoms with Crippen molar-refractivity contribution in [1.29, 1.82) is 0 Å². The minimum atomic E-state index is -0.945. The Morgan fingerprint density at radius 1 is 1.33 bits per heavy atom. The van der Waals surface area contributed by atoms with Crippen LogP contribution in [0.3, 0.4) is 0 Å². The summed E-state index contributed by atoms with van der Waals surface area (Å²) in [6.07, 6.45) is 0.354. The first-order valence-electron chi connectivity index (χ1n) is 5.97. The van der Waals surface area contributed by atoms with E-state index in [0.29, 0.717) is 6.42 Å². The van der Waals surface area contributed by atoms with Gasteiger partial charge in [-0.15, -0.1) is 0 Å². The molecule has 1 aromatic carbocycles. The van der Waals surface area contributed by atoms with Crippen LogP contribution in [0.1, 0.15) is 5.56 Å². The zero-order chi connectivity index (χ0) is 15.2. The number of carbonyl (C=O) groups is 1. The summed E-state index contributed by atoms with van der Waals surface area (Å²) in [5.41, 5.74) is 0.921. The van der Waals surface area contributed by atoms with Gasteiger partial charge in [-0.05, 0) is 23.6 Å². The fourth-order valence-corrected chi connectivity index (χ4v) is 2.70. The molecule has 21 heavy (non-hydrogen) atoms. The smallest absolute Gasteiger partial charge is 0.321 e. The second kappa shape index (κ2) is 7.24. The molecule has 2 rings (SSSR count). The van der Waals surface area contributed by atoms with Gasteiger partial charge in [-0.2, -0.15) is 15.0 Å². The SMILES string of the molecule is COc1nc(Cl)nc(SC(Cc2ccccc2)C(=O)O)n1. The predicted octanol–water partition coefficient (Wildman–Crippen LogP) is 2.32. The number of thioether (sulfide) groups is 1. The van der Waals surface area contributed by atoms with Gasteiger partial charge in [0.25, 0.3) is 0 Å². The molecule has 0 aliphatic rings. The van der Waals surface area contributed by atoms with Crippen molar-refractivity contribution in [2.24, 2.45) is 0 Å². The van der Waals surface area contributed by atoms with Crippen molar-refractivity contribution in [3.05, 3.63) is 41.2 Å². The van der Waals surface area contributed by atoms with E-state index >= 15 is 0 Å². The van der Waals surface area contributed by atoms with Gasteiger partial charge in [0, 0.05) is 0 Å². The average Bonchev–Trinajstić information content (AvgIpc) is 2.47. The number of halogens is 1. The Bertz CT molecular complexity index is 627. The fourth-order valence-electron chi connectivity index (χ4n) is 1.59. The number of ether oxygens (including phenoxy) is 1. The summed E-state index contributed by atoms with van der Waals surface area (Å²) >= 11 is 6.76. The Kier molecular flexibility index (Phi) is 5.35. The lowest BCUT2D eigenvalue weighted by atomic mass is 10.1. The Morgan fingerprint density at radius 2 is 2.05 bits per heavy atom. The topological polar surface area (TPSA) is 85.2 Å². The number of carboxylic acids is 1. The number of methoxy groups -OCH3 is 1.